The van der Waals surface area contributed by atoms with Crippen LogP contribution in [0.4, 0.5) is 0 Å². The van der Waals surface area contributed by atoms with Crippen LogP contribution in [-0.4, -0.2) is 58.7 Å². The zero-order valence-corrected chi connectivity index (χ0v) is 18.5. The van der Waals surface area contributed by atoms with Gasteiger partial charge in [-0.25, -0.2) is 17.7 Å². The molecular weight excluding hydrogens is 400 g/mol. The summed E-state index contributed by atoms with van der Waals surface area (Å²) in [4.78, 5) is 7.27. The lowest BCUT2D eigenvalue weighted by Gasteiger charge is -2.17. The highest BCUT2D eigenvalue weighted by Crippen LogP contribution is 2.26. The molecule has 148 valence electrons. The molecule has 3 rings (SSSR count). The Morgan fingerprint density at radius 3 is 2.63 bits per heavy atom. The van der Waals surface area contributed by atoms with Crippen LogP contribution in [-0.2, 0) is 22.3 Å². The van der Waals surface area contributed by atoms with Crippen LogP contribution >= 0.6 is 24.0 Å². The molecule has 0 atom stereocenters. The lowest BCUT2D eigenvalue weighted by molar-refractivity contribution is 0.521. The number of benzene rings is 1. The molecule has 0 spiro atoms. The molecule has 0 bridgehead atoms. The van der Waals surface area contributed by atoms with Crippen LogP contribution in [0.3, 0.4) is 0 Å². The van der Waals surface area contributed by atoms with E-state index in [0.29, 0.717) is 11.3 Å². The Morgan fingerprint density at radius 1 is 1.30 bits per heavy atom. The van der Waals surface area contributed by atoms with E-state index in [1.54, 1.807) is 23.9 Å². The first-order chi connectivity index (χ1) is 12.8. The Hall–Kier alpha value is -1.16. The molecule has 0 aliphatic carbocycles. The van der Waals surface area contributed by atoms with Crippen molar-refractivity contribution in [2.75, 3.05) is 27.2 Å². The van der Waals surface area contributed by atoms with Gasteiger partial charge in [0.2, 0.25) is 10.0 Å². The number of sulfonamides is 1. The first-order valence-corrected chi connectivity index (χ1v) is 12.0. The van der Waals surface area contributed by atoms with Crippen molar-refractivity contribution in [1.82, 2.24) is 18.8 Å². The summed E-state index contributed by atoms with van der Waals surface area (Å²) in [6.07, 6.45) is 3.40. The van der Waals surface area contributed by atoms with Gasteiger partial charge in [0.05, 0.1) is 21.7 Å². The van der Waals surface area contributed by atoms with Gasteiger partial charge in [-0.3, -0.25) is 0 Å². The van der Waals surface area contributed by atoms with Gasteiger partial charge in [0.15, 0.2) is 0 Å². The van der Waals surface area contributed by atoms with Crippen molar-refractivity contribution in [2.45, 2.75) is 43.4 Å². The van der Waals surface area contributed by atoms with Gasteiger partial charge in [0, 0.05) is 33.7 Å². The Kier molecular flexibility index (Phi) is 6.45. The predicted octanol–water partition coefficient (Wildman–Crippen LogP) is 3.31. The second-order valence-corrected chi connectivity index (χ2v) is 10.6. The van der Waals surface area contributed by atoms with Crippen molar-refractivity contribution in [3.05, 3.63) is 24.0 Å². The van der Waals surface area contributed by atoms with E-state index in [-0.39, 0.29) is 4.90 Å². The average molecular weight is 427 g/mol. The first-order valence-electron chi connectivity index (χ1n) is 9.18. The van der Waals surface area contributed by atoms with Gasteiger partial charge in [-0.2, -0.15) is 0 Å². The molecule has 1 aliphatic heterocycles. The molecule has 1 saturated heterocycles. The van der Waals surface area contributed by atoms with Crippen LogP contribution in [0.15, 0.2) is 23.1 Å². The third-order valence-electron chi connectivity index (χ3n) is 4.71. The lowest BCUT2D eigenvalue weighted by Crippen LogP contribution is -2.23. The number of hydrogen-bond donors (Lipinski definition) is 0. The van der Waals surface area contributed by atoms with E-state index in [1.807, 2.05) is 6.07 Å². The number of rotatable bonds is 6. The average Bonchev–Trinajstić information content (AvgIpc) is 3.28. The van der Waals surface area contributed by atoms with E-state index in [9.17, 15) is 8.42 Å². The Balaban J connectivity index is 1.89. The molecule has 27 heavy (non-hydrogen) atoms. The van der Waals surface area contributed by atoms with Crippen molar-refractivity contribution in [3.8, 4) is 0 Å². The van der Waals surface area contributed by atoms with Gasteiger partial charge in [0.25, 0.3) is 0 Å². The molecule has 0 N–H and O–H groups in total. The van der Waals surface area contributed by atoms with Crippen molar-refractivity contribution in [2.24, 2.45) is 0 Å². The molecule has 0 unspecified atom stereocenters. The zero-order chi connectivity index (χ0) is 19.6. The maximum absolute atomic E-state index is 12.4. The van der Waals surface area contributed by atoms with Crippen LogP contribution in [0.2, 0.25) is 0 Å². The summed E-state index contributed by atoms with van der Waals surface area (Å²) in [6, 6.07) is 5.20. The zero-order valence-electron chi connectivity index (χ0n) is 16.0. The Morgan fingerprint density at radius 2 is 2.00 bits per heavy atom. The number of hydrogen-bond acceptors (Lipinski definition) is 5. The highest BCUT2D eigenvalue weighted by atomic mass is 32.2. The van der Waals surface area contributed by atoms with Gasteiger partial charge in [0.1, 0.15) is 10.1 Å². The standard InChI is InChI=1S/C18H26N4O2S3/c1-4-9-22-16-8-7-14(27(23,24)20(2)3)12-15(16)19-17(22)13-26-18(25)21-10-5-6-11-21/h7-8,12H,4-6,9-11,13H2,1-3H3. The van der Waals surface area contributed by atoms with E-state index < -0.39 is 10.0 Å². The number of fused-ring (bicyclic) bond motifs is 1. The van der Waals surface area contributed by atoms with Gasteiger partial charge in [-0.15, -0.1) is 0 Å². The molecule has 9 heteroatoms. The molecule has 1 fully saturated rings. The van der Waals surface area contributed by atoms with Crippen LogP contribution in [0.25, 0.3) is 11.0 Å². The summed E-state index contributed by atoms with van der Waals surface area (Å²) in [7, 11) is -0.393. The Labute approximate surface area is 171 Å². The number of nitrogens with zero attached hydrogens (tertiary/aromatic N) is 4. The Bertz CT molecular complexity index is 931. The van der Waals surface area contributed by atoms with Gasteiger partial charge in [-0.05, 0) is 37.5 Å². The van der Waals surface area contributed by atoms with Gasteiger partial charge >= 0.3 is 0 Å². The largest absolute Gasteiger partial charge is 0.358 e. The third-order valence-corrected chi connectivity index (χ3v) is 8.04. The van der Waals surface area contributed by atoms with Crippen LogP contribution < -0.4 is 0 Å². The molecule has 0 saturated carbocycles. The minimum absolute atomic E-state index is 0.271. The quantitative estimate of drug-likeness (QED) is 0.661. The molecular formula is C18H26N4O2S3. The topological polar surface area (TPSA) is 58.4 Å². The highest BCUT2D eigenvalue weighted by Gasteiger charge is 2.20. The summed E-state index contributed by atoms with van der Waals surface area (Å²) in [5.74, 6) is 1.64. The molecule has 6 nitrogen and oxygen atoms in total. The van der Waals surface area contributed by atoms with Crippen molar-refractivity contribution in [3.63, 3.8) is 0 Å². The molecule has 2 aromatic rings. The van der Waals surface area contributed by atoms with Gasteiger partial charge in [-0.1, -0.05) is 30.9 Å². The fourth-order valence-electron chi connectivity index (χ4n) is 3.23. The number of aromatic nitrogens is 2. The molecule has 1 aromatic carbocycles. The maximum atomic E-state index is 12.4. The summed E-state index contributed by atoms with van der Waals surface area (Å²) >= 11 is 7.21. The molecule has 0 amide bonds. The fourth-order valence-corrected chi connectivity index (χ4v) is 5.35. The maximum Gasteiger partial charge on any atom is 0.242 e. The number of thiocarbonyl (C=S) groups is 1. The number of imidazole rings is 1. The van der Waals surface area contributed by atoms with Crippen molar-refractivity contribution in [1.29, 1.82) is 0 Å². The second kappa shape index (κ2) is 8.46. The van der Waals surface area contributed by atoms with E-state index in [2.05, 4.69) is 16.4 Å². The smallest absolute Gasteiger partial charge is 0.242 e. The fraction of sp³-hybridized carbons (Fsp3) is 0.556. The van der Waals surface area contributed by atoms with Crippen LogP contribution in [0.5, 0.6) is 0 Å². The van der Waals surface area contributed by atoms with Crippen LogP contribution in [0.1, 0.15) is 32.0 Å². The monoisotopic (exact) mass is 426 g/mol. The number of likely N-dealkylation sites (tertiary alicyclic amines) is 1. The van der Waals surface area contributed by atoms with E-state index >= 15 is 0 Å². The van der Waals surface area contributed by atoms with Crippen molar-refractivity contribution < 1.29 is 8.42 Å². The lowest BCUT2D eigenvalue weighted by atomic mass is 10.3. The number of aryl methyl sites for hydroxylation is 1. The molecule has 2 heterocycles. The predicted molar refractivity (Wildman–Crippen MR) is 116 cm³/mol. The SMILES string of the molecule is CCCn1c(CSC(=S)N2CCCC2)nc2cc(S(=O)(=O)N(C)C)ccc21. The van der Waals surface area contributed by atoms with E-state index in [0.717, 1.165) is 41.7 Å². The van der Waals surface area contributed by atoms with Crippen molar-refractivity contribution >= 4 is 49.4 Å². The minimum atomic E-state index is -3.47. The second-order valence-electron chi connectivity index (χ2n) is 6.87. The number of thioether (sulfide) groups is 1. The summed E-state index contributed by atoms with van der Waals surface area (Å²) < 4.78 is 29.2. The van der Waals surface area contributed by atoms with Crippen LogP contribution in [0, 0.1) is 0 Å². The highest BCUT2D eigenvalue weighted by molar-refractivity contribution is 8.22. The molecule has 0 radical (unpaired) electrons. The normalized spacial score (nSPS) is 15.2. The summed E-state index contributed by atoms with van der Waals surface area (Å²) in [6.45, 7) is 5.07. The third kappa shape index (κ3) is 4.31. The molecule has 1 aromatic heterocycles. The van der Waals surface area contributed by atoms with Gasteiger partial charge < -0.3 is 9.47 Å². The summed E-state index contributed by atoms with van der Waals surface area (Å²) in [5.41, 5.74) is 1.69. The molecule has 1 aliphatic rings. The first kappa shape index (κ1) is 20.6. The van der Waals surface area contributed by atoms with E-state index in [4.69, 9.17) is 17.2 Å². The summed E-state index contributed by atoms with van der Waals surface area (Å²) in [5, 5.41) is 0. The van der Waals surface area contributed by atoms with E-state index in [1.165, 1.54) is 31.2 Å². The minimum Gasteiger partial charge on any atom is -0.358 e.